The Hall–Kier alpha value is -3.46. The van der Waals surface area contributed by atoms with Crippen LogP contribution in [0.2, 0.25) is 5.02 Å². The van der Waals surface area contributed by atoms with Crippen LogP contribution in [0.15, 0.2) is 54.6 Å². The molecule has 2 fully saturated rings. The molecule has 0 radical (unpaired) electrons. The molecule has 4 heterocycles. The highest BCUT2D eigenvalue weighted by Crippen LogP contribution is 2.34. The summed E-state index contributed by atoms with van der Waals surface area (Å²) in [6, 6.07) is 18.2. The molecule has 0 unspecified atom stereocenters. The van der Waals surface area contributed by atoms with E-state index in [2.05, 4.69) is 34.9 Å². The normalized spacial score (nSPS) is 18.4. The summed E-state index contributed by atoms with van der Waals surface area (Å²) in [6.07, 6.45) is 2.05. The van der Waals surface area contributed by atoms with Gasteiger partial charge in [0.2, 0.25) is 5.95 Å². The maximum Gasteiger partial charge on any atom is 0.229 e. The average molecular weight is 560 g/mol. The molecule has 9 heteroatoms. The van der Waals surface area contributed by atoms with E-state index in [1.54, 1.807) is 7.11 Å². The number of anilines is 2. The van der Waals surface area contributed by atoms with Crippen LogP contribution in [-0.4, -0.2) is 66.1 Å². The first-order valence-electron chi connectivity index (χ1n) is 13.9. The van der Waals surface area contributed by atoms with Gasteiger partial charge < -0.3 is 24.4 Å². The summed E-state index contributed by atoms with van der Waals surface area (Å²) >= 11 is 6.11. The summed E-state index contributed by atoms with van der Waals surface area (Å²) in [6.45, 7) is 5.89. The Labute approximate surface area is 239 Å². The molecule has 2 aromatic carbocycles. The Bertz CT molecular complexity index is 1490. The number of hydrogen-bond donors (Lipinski definition) is 1. The van der Waals surface area contributed by atoms with Crippen LogP contribution in [0.5, 0.6) is 5.75 Å². The van der Waals surface area contributed by atoms with E-state index in [0.29, 0.717) is 36.5 Å². The lowest BCUT2D eigenvalue weighted by molar-refractivity contribution is 0.0987. The number of halogens is 1. The topological polar surface area (TPSA) is 83.8 Å². The molecular formula is C31H34ClN5O3. The predicted octanol–water partition coefficient (Wildman–Crippen LogP) is 5.46. The molecule has 4 aromatic rings. The van der Waals surface area contributed by atoms with E-state index in [1.807, 2.05) is 36.4 Å². The number of ether oxygens (including phenoxy) is 2. The molecule has 0 amide bonds. The Kier molecular flexibility index (Phi) is 7.74. The average Bonchev–Trinajstić information content (AvgIpc) is 3.00. The quantitative estimate of drug-likeness (QED) is 0.334. The lowest BCUT2D eigenvalue weighted by Crippen LogP contribution is -2.44. The van der Waals surface area contributed by atoms with Crippen molar-refractivity contribution in [2.45, 2.75) is 38.3 Å². The molecule has 1 N–H and O–H groups in total. The lowest BCUT2D eigenvalue weighted by atomic mass is 9.89. The van der Waals surface area contributed by atoms with Crippen LogP contribution in [0.25, 0.3) is 22.3 Å². The number of aliphatic hydroxyl groups is 1. The summed E-state index contributed by atoms with van der Waals surface area (Å²) in [5.74, 6) is 2.77. The van der Waals surface area contributed by atoms with Crippen LogP contribution in [-0.2, 0) is 11.3 Å². The van der Waals surface area contributed by atoms with E-state index >= 15 is 0 Å². The minimum absolute atomic E-state index is 0.109. The molecular weight excluding hydrogens is 526 g/mol. The monoisotopic (exact) mass is 559 g/mol. The van der Waals surface area contributed by atoms with Gasteiger partial charge in [-0.25, -0.2) is 4.98 Å². The van der Waals surface area contributed by atoms with Gasteiger partial charge in [0.1, 0.15) is 11.6 Å². The van der Waals surface area contributed by atoms with Gasteiger partial charge in [0.05, 0.1) is 44.1 Å². The van der Waals surface area contributed by atoms with Crippen LogP contribution in [0, 0.1) is 0 Å². The molecule has 208 valence electrons. The van der Waals surface area contributed by atoms with E-state index < -0.39 is 0 Å². The summed E-state index contributed by atoms with van der Waals surface area (Å²) in [5, 5.41) is 11.5. The van der Waals surface area contributed by atoms with Crippen molar-refractivity contribution in [3.8, 4) is 17.0 Å². The molecule has 0 bridgehead atoms. The minimum Gasteiger partial charge on any atom is -0.496 e. The van der Waals surface area contributed by atoms with Gasteiger partial charge in [-0.1, -0.05) is 23.7 Å². The van der Waals surface area contributed by atoms with Gasteiger partial charge in [0.25, 0.3) is 0 Å². The van der Waals surface area contributed by atoms with Crippen molar-refractivity contribution in [2.75, 3.05) is 49.8 Å². The smallest absolute Gasteiger partial charge is 0.229 e. The van der Waals surface area contributed by atoms with Gasteiger partial charge in [-0.05, 0) is 73.7 Å². The number of aromatic nitrogens is 3. The zero-order valence-electron chi connectivity index (χ0n) is 22.9. The fourth-order valence-corrected chi connectivity index (χ4v) is 5.88. The number of morpholine rings is 1. The third kappa shape index (κ3) is 5.31. The van der Waals surface area contributed by atoms with Gasteiger partial charge in [-0.3, -0.25) is 0 Å². The second kappa shape index (κ2) is 11.6. The molecule has 8 nitrogen and oxygen atoms in total. The van der Waals surface area contributed by atoms with Gasteiger partial charge in [-0.15, -0.1) is 0 Å². The fraction of sp³-hybridized carbons (Fsp3) is 0.387. The minimum atomic E-state index is -0.109. The van der Waals surface area contributed by atoms with Gasteiger partial charge in [0.15, 0.2) is 5.65 Å². The Morgan fingerprint density at radius 1 is 1.00 bits per heavy atom. The van der Waals surface area contributed by atoms with E-state index in [0.717, 1.165) is 65.5 Å². The van der Waals surface area contributed by atoms with Crippen molar-refractivity contribution in [1.29, 1.82) is 0 Å². The highest BCUT2D eigenvalue weighted by atomic mass is 35.5. The van der Waals surface area contributed by atoms with Crippen LogP contribution in [0.1, 0.15) is 36.8 Å². The number of aliphatic hydroxyl groups excluding tert-OH is 1. The highest BCUT2D eigenvalue weighted by Gasteiger charge is 2.27. The van der Waals surface area contributed by atoms with Crippen LogP contribution in [0.3, 0.4) is 0 Å². The maximum atomic E-state index is 9.83. The molecule has 2 saturated heterocycles. The van der Waals surface area contributed by atoms with E-state index in [-0.39, 0.29) is 12.6 Å². The van der Waals surface area contributed by atoms with Crippen molar-refractivity contribution in [3.05, 3.63) is 70.7 Å². The van der Waals surface area contributed by atoms with Gasteiger partial charge >= 0.3 is 0 Å². The van der Waals surface area contributed by atoms with Crippen molar-refractivity contribution in [2.24, 2.45) is 0 Å². The Balaban J connectivity index is 1.36. The third-order valence-electron chi connectivity index (χ3n) is 8.03. The van der Waals surface area contributed by atoms with Crippen molar-refractivity contribution >= 4 is 34.4 Å². The molecule has 1 atom stereocenters. The molecule has 2 aromatic heterocycles. The van der Waals surface area contributed by atoms with E-state index in [4.69, 9.17) is 36.0 Å². The summed E-state index contributed by atoms with van der Waals surface area (Å²) in [5.41, 5.74) is 4.40. The van der Waals surface area contributed by atoms with Crippen molar-refractivity contribution in [3.63, 3.8) is 0 Å². The van der Waals surface area contributed by atoms with E-state index in [1.165, 1.54) is 5.56 Å². The van der Waals surface area contributed by atoms with Crippen LogP contribution in [0.4, 0.5) is 11.8 Å². The maximum absolute atomic E-state index is 9.83. The molecule has 0 aliphatic carbocycles. The van der Waals surface area contributed by atoms with Crippen molar-refractivity contribution < 1.29 is 14.6 Å². The number of methoxy groups -OCH3 is 1. The molecule has 6 rings (SSSR count). The highest BCUT2D eigenvalue weighted by molar-refractivity contribution is 6.30. The predicted molar refractivity (Wildman–Crippen MR) is 159 cm³/mol. The summed E-state index contributed by atoms with van der Waals surface area (Å²) in [7, 11) is 1.60. The Morgan fingerprint density at radius 2 is 1.80 bits per heavy atom. The summed E-state index contributed by atoms with van der Waals surface area (Å²) < 4.78 is 11.1. The molecule has 40 heavy (non-hydrogen) atoms. The number of piperidine rings is 1. The summed E-state index contributed by atoms with van der Waals surface area (Å²) in [4.78, 5) is 19.8. The van der Waals surface area contributed by atoms with Crippen molar-refractivity contribution in [1.82, 2.24) is 15.0 Å². The first-order valence-corrected chi connectivity index (χ1v) is 14.2. The standard InChI is InChI=1S/C31H34ClN5O3/c1-20-19-40-16-15-37(20)30-26-8-9-27(23-5-10-28(39-2)24(17-23)18-38)33-29(26)34-31(35-30)36-13-11-22(12-14-36)21-3-6-25(32)7-4-21/h3-10,17,20,22,38H,11-16,18-19H2,1-2H3/t20-/m0/s1. The first kappa shape index (κ1) is 26.7. The third-order valence-corrected chi connectivity index (χ3v) is 8.29. The van der Waals surface area contributed by atoms with E-state index in [9.17, 15) is 5.11 Å². The fourth-order valence-electron chi connectivity index (χ4n) is 5.75. The van der Waals surface area contributed by atoms with Gasteiger partial charge in [0, 0.05) is 35.8 Å². The molecule has 2 aliphatic heterocycles. The second-order valence-electron chi connectivity index (χ2n) is 10.5. The number of benzene rings is 2. The zero-order chi connectivity index (χ0) is 27.6. The first-order chi connectivity index (χ1) is 19.5. The largest absolute Gasteiger partial charge is 0.496 e. The van der Waals surface area contributed by atoms with Crippen LogP contribution < -0.4 is 14.5 Å². The molecule has 2 aliphatic rings. The number of hydrogen-bond acceptors (Lipinski definition) is 8. The zero-order valence-corrected chi connectivity index (χ0v) is 23.6. The van der Waals surface area contributed by atoms with Gasteiger partial charge in [-0.2, -0.15) is 9.97 Å². The molecule has 0 saturated carbocycles. The number of fused-ring (bicyclic) bond motifs is 1. The SMILES string of the molecule is COc1ccc(-c2ccc3c(N4CCOC[C@@H]4C)nc(N4CCC(c5ccc(Cl)cc5)CC4)nc3n2)cc1CO. The number of rotatable bonds is 6. The lowest BCUT2D eigenvalue weighted by Gasteiger charge is -2.36. The Morgan fingerprint density at radius 3 is 2.52 bits per heavy atom. The molecule has 0 spiro atoms. The van der Waals surface area contributed by atoms with Crippen LogP contribution >= 0.6 is 11.6 Å². The number of nitrogens with zero attached hydrogens (tertiary/aromatic N) is 5. The number of pyridine rings is 1. The second-order valence-corrected chi connectivity index (χ2v) is 11.0.